The van der Waals surface area contributed by atoms with Crippen LogP contribution in [0.25, 0.3) is 0 Å². The summed E-state index contributed by atoms with van der Waals surface area (Å²) in [4.78, 5) is 72.1. The Kier molecular flexibility index (Phi) is 25.2. The van der Waals surface area contributed by atoms with Crippen LogP contribution >= 0.6 is 0 Å². The smallest absolute Gasteiger partial charge is 0.419 e. The molecule has 12 rings (SSSR count). The Bertz CT molecular complexity index is 3820. The maximum atomic E-state index is 13.9. The van der Waals surface area contributed by atoms with E-state index in [1.54, 1.807) is 41.7 Å². The predicted molar refractivity (Wildman–Crippen MR) is 334 cm³/mol. The molecule has 102 heavy (non-hydrogen) atoms. The number of aryl methyl sites for hydroxylation is 2. The number of aromatic nitrogens is 6. The molecule has 4 aliphatic heterocycles. The second-order valence-corrected chi connectivity index (χ2v) is 27.4. The molecule has 556 valence electrons. The van der Waals surface area contributed by atoms with Crippen molar-refractivity contribution < 1.29 is 104 Å². The molecule has 0 unspecified atom stereocenters. The molecule has 3 aromatic carbocycles. The molecule has 6 aromatic rings. The summed E-state index contributed by atoms with van der Waals surface area (Å²) in [6.07, 6.45) is -4.15. The number of fused-ring (bicyclic) bond motifs is 3. The van der Waals surface area contributed by atoms with Gasteiger partial charge < -0.3 is 29.1 Å². The number of carbonyl (C=O) groups is 4. The molecule has 3 fully saturated rings. The van der Waals surface area contributed by atoms with Gasteiger partial charge in [0.2, 0.25) is 0 Å². The molecular weight excluding hydrogens is 1380 g/mol. The van der Waals surface area contributed by atoms with E-state index in [9.17, 15) is 85.0 Å². The zero-order chi connectivity index (χ0) is 75.0. The normalized spacial score (nSPS) is 17.0. The number of H-pyrrole nitrogens is 3. The van der Waals surface area contributed by atoms with Crippen molar-refractivity contribution in [2.24, 2.45) is 0 Å². The van der Waals surface area contributed by atoms with Crippen LogP contribution in [0.3, 0.4) is 0 Å². The molecule has 0 radical (unpaired) electrons. The van der Waals surface area contributed by atoms with Crippen molar-refractivity contribution in [3.05, 3.63) is 156 Å². The molecular formula is C69H77F15N10O8. The fourth-order valence-corrected chi connectivity index (χ4v) is 13.4. The first-order chi connectivity index (χ1) is 47.8. The van der Waals surface area contributed by atoms with Crippen molar-refractivity contribution in [3.8, 4) is 0 Å². The van der Waals surface area contributed by atoms with Gasteiger partial charge in [-0.05, 0) is 184 Å². The van der Waals surface area contributed by atoms with Gasteiger partial charge in [0.05, 0.1) is 29.4 Å². The largest absolute Gasteiger partial charge is 0.444 e. The first-order valence-electron chi connectivity index (χ1n) is 33.1. The second kappa shape index (κ2) is 32.6. The van der Waals surface area contributed by atoms with Crippen LogP contribution in [0.4, 0.5) is 75.4 Å². The summed E-state index contributed by atoms with van der Waals surface area (Å²) in [5.41, 5.74) is 0.308. The van der Waals surface area contributed by atoms with Crippen LogP contribution in [0.1, 0.15) is 212 Å². The highest BCUT2D eigenvalue weighted by molar-refractivity contribution is 5.95. The zero-order valence-electron chi connectivity index (χ0n) is 56.6. The molecule has 3 aromatic heterocycles. The molecule has 2 aliphatic carbocycles. The minimum atomic E-state index is -4.98. The predicted octanol–water partition coefficient (Wildman–Crippen LogP) is 15.4. The Balaban J connectivity index is 0.000000173. The van der Waals surface area contributed by atoms with Gasteiger partial charge in [-0.25, -0.2) is 35.9 Å². The van der Waals surface area contributed by atoms with Gasteiger partial charge in [-0.2, -0.15) is 64.4 Å². The van der Waals surface area contributed by atoms with E-state index in [2.05, 4.69) is 30.6 Å². The van der Waals surface area contributed by atoms with E-state index in [0.29, 0.717) is 30.5 Å². The van der Waals surface area contributed by atoms with E-state index in [4.69, 9.17) is 19.1 Å². The topological polar surface area (TPSA) is 220 Å². The van der Waals surface area contributed by atoms with Crippen LogP contribution in [0.2, 0.25) is 0 Å². The lowest BCUT2D eigenvalue weighted by Gasteiger charge is -2.34. The number of piperidine rings is 3. The van der Waals surface area contributed by atoms with Gasteiger partial charge >= 0.3 is 36.9 Å². The summed E-state index contributed by atoms with van der Waals surface area (Å²) in [5.74, 6) is -12.4. The molecule has 3 N–H and O–H groups in total. The number of halogens is 15. The van der Waals surface area contributed by atoms with E-state index in [0.717, 1.165) is 122 Å². The number of amides is 4. The monoisotopic (exact) mass is 1460 g/mol. The van der Waals surface area contributed by atoms with Gasteiger partial charge in [-0.15, -0.1) is 0 Å². The maximum absolute atomic E-state index is 13.9. The van der Waals surface area contributed by atoms with E-state index >= 15 is 0 Å². The van der Waals surface area contributed by atoms with Gasteiger partial charge in [0, 0.05) is 86.0 Å². The van der Waals surface area contributed by atoms with Crippen LogP contribution in [0, 0.1) is 34.9 Å². The van der Waals surface area contributed by atoms with Crippen LogP contribution in [0.5, 0.6) is 0 Å². The third-order valence-corrected chi connectivity index (χ3v) is 18.2. The number of hydrogen-bond acceptors (Lipinski definition) is 11. The Morgan fingerprint density at radius 1 is 0.441 bits per heavy atom. The molecule has 4 amide bonds. The SMILES string of the molecule is CC(C)(C)OC(=O)N1CCC(c2ccc(F)c(F)c2C(F)(F)F)CC1.CC(C)(C)OC(=O)N1CCc2[nH]ncc2C1.O=C(c1n[nH]c2c1CCCC2)N1CCC(c2ccc(F)c(F)c2C(F)(F)F)CC1.O=C(c1n[nH]c2c1CCCC2)N1CCC(c2ccc(F)c(F)c2C(F)(F)F)CC1.O=C=O. The van der Waals surface area contributed by atoms with Gasteiger partial charge in [0.1, 0.15) is 11.2 Å². The molecule has 0 saturated carbocycles. The number of alkyl halides is 9. The summed E-state index contributed by atoms with van der Waals surface area (Å²) in [6, 6.07) is 5.16. The molecule has 0 atom stereocenters. The van der Waals surface area contributed by atoms with Crippen molar-refractivity contribution in [2.45, 2.75) is 192 Å². The number of carbonyl (C=O) groups excluding carboxylic acids is 6. The lowest BCUT2D eigenvalue weighted by molar-refractivity contribution is -0.191. The molecule has 6 aliphatic rings. The zero-order valence-corrected chi connectivity index (χ0v) is 56.6. The van der Waals surface area contributed by atoms with E-state index in [1.807, 2.05) is 20.8 Å². The average molecular weight is 1460 g/mol. The van der Waals surface area contributed by atoms with Gasteiger partial charge in [0.25, 0.3) is 11.8 Å². The van der Waals surface area contributed by atoms with Gasteiger partial charge in [0.15, 0.2) is 46.3 Å². The van der Waals surface area contributed by atoms with Crippen LogP contribution in [-0.4, -0.2) is 137 Å². The first-order valence-corrected chi connectivity index (χ1v) is 33.1. The number of aromatic amines is 3. The van der Waals surface area contributed by atoms with Crippen molar-refractivity contribution in [2.75, 3.05) is 45.8 Å². The molecule has 7 heterocycles. The number of rotatable bonds is 5. The fourth-order valence-electron chi connectivity index (χ4n) is 13.4. The van der Waals surface area contributed by atoms with Crippen molar-refractivity contribution in [1.29, 1.82) is 0 Å². The maximum Gasteiger partial charge on any atom is 0.419 e. The molecule has 3 saturated heterocycles. The third kappa shape index (κ3) is 19.4. The quantitative estimate of drug-likeness (QED) is 0.138. The van der Waals surface area contributed by atoms with Gasteiger partial charge in [-0.3, -0.25) is 24.9 Å². The minimum Gasteiger partial charge on any atom is -0.444 e. The van der Waals surface area contributed by atoms with E-state index < -0.39 is 105 Å². The Morgan fingerprint density at radius 3 is 1.10 bits per heavy atom. The highest BCUT2D eigenvalue weighted by atomic mass is 19.4. The summed E-state index contributed by atoms with van der Waals surface area (Å²) >= 11 is 0. The van der Waals surface area contributed by atoms with Crippen LogP contribution < -0.4 is 0 Å². The lowest BCUT2D eigenvalue weighted by Crippen LogP contribution is -2.41. The standard InChI is InChI=1S/2C20H20F5N3O.C17H20F5NO2.C11H17N3O2.CO2/c2*21-14-6-5-12(16(17(14)22)20(23,24)25)11-7-9-28(10-8-11)19(29)18-13-3-1-2-4-15(13)26-27-18;1-16(2,3)25-15(24)23-8-6-10(7-9-23)11-4-5-12(18)14(19)13(11)17(20,21)22;1-11(2,3)16-10(15)14-5-4-9-8(7-14)6-12-13-9;2-1-3/h2*5-6,11H,1-4,7-10H2,(H,26,27);4-5,10H,6-9H2,1-3H3;6H,4-5,7H2,1-3H3,(H,12,13);. The number of hydrogen-bond donors (Lipinski definition) is 3. The fraction of sp³-hybridized carbons (Fsp3) is 0.536. The highest BCUT2D eigenvalue weighted by Gasteiger charge is 2.45. The minimum absolute atomic E-state index is 0.190. The number of nitrogens with one attached hydrogen (secondary N) is 3. The summed E-state index contributed by atoms with van der Waals surface area (Å²) < 4.78 is 211. The molecule has 0 spiro atoms. The Morgan fingerprint density at radius 2 is 0.765 bits per heavy atom. The first kappa shape index (κ1) is 78.8. The number of benzene rings is 3. The van der Waals surface area contributed by atoms with Crippen LogP contribution in [0.15, 0.2) is 42.6 Å². The Labute approximate surface area is 576 Å². The van der Waals surface area contributed by atoms with E-state index in [-0.39, 0.29) is 119 Å². The van der Waals surface area contributed by atoms with Crippen molar-refractivity contribution >= 4 is 30.2 Å². The number of nitrogens with zero attached hydrogens (tertiary/aromatic N) is 7. The number of ether oxygens (including phenoxy) is 2. The molecule has 18 nitrogen and oxygen atoms in total. The van der Waals surface area contributed by atoms with Crippen LogP contribution in [-0.2, 0) is 76.2 Å². The lowest BCUT2D eigenvalue weighted by atomic mass is 9.85. The second-order valence-electron chi connectivity index (χ2n) is 27.4. The molecule has 0 bridgehead atoms. The van der Waals surface area contributed by atoms with Crippen molar-refractivity contribution in [1.82, 2.24) is 50.2 Å². The molecule has 33 heteroatoms. The number of likely N-dealkylation sites (tertiary alicyclic amines) is 3. The van der Waals surface area contributed by atoms with Crippen molar-refractivity contribution in [3.63, 3.8) is 0 Å². The summed E-state index contributed by atoms with van der Waals surface area (Å²) in [6.45, 7) is 13.4. The van der Waals surface area contributed by atoms with Gasteiger partial charge in [-0.1, -0.05) is 18.2 Å². The average Bonchev–Trinajstić information content (AvgIpc) is 1.05. The summed E-state index contributed by atoms with van der Waals surface area (Å²) in [7, 11) is 0. The Hall–Kier alpha value is -8.90. The third-order valence-electron chi connectivity index (χ3n) is 18.2. The highest BCUT2D eigenvalue weighted by Crippen LogP contribution is 2.45. The summed E-state index contributed by atoms with van der Waals surface area (Å²) in [5, 5.41) is 21.1. The van der Waals surface area contributed by atoms with E-state index in [1.165, 1.54) is 4.90 Å².